The number of rotatable bonds is 2. The van der Waals surface area contributed by atoms with Crippen LogP contribution in [-0.2, 0) is 0 Å². The molecule has 0 radical (unpaired) electrons. The molecule has 0 aliphatic rings. The predicted octanol–water partition coefficient (Wildman–Crippen LogP) is 1.66. The maximum Gasteiger partial charge on any atom is 0.256 e. The van der Waals surface area contributed by atoms with Crippen LogP contribution in [0.1, 0.15) is 21.6 Å². The third-order valence-corrected chi connectivity index (χ3v) is 2.77. The number of carbonyl (C=O) groups excluding carboxylic acids is 1. The minimum atomic E-state index is -0.297. The van der Waals surface area contributed by atoms with Gasteiger partial charge in [0.1, 0.15) is 17.3 Å². The number of nitrogens with zero attached hydrogens (tertiary/aromatic N) is 1. The molecule has 0 unspecified atom stereocenters. The van der Waals surface area contributed by atoms with Crippen molar-refractivity contribution < 1.29 is 9.90 Å². The number of carbonyl (C=O) groups is 1. The number of anilines is 1. The molecule has 1 aromatic heterocycles. The Balaban J connectivity index is 2.17. The summed E-state index contributed by atoms with van der Waals surface area (Å²) in [5.41, 5.74) is 6.93. The Bertz CT molecular complexity index is 730. The second-order valence-electron chi connectivity index (χ2n) is 4.37. The van der Waals surface area contributed by atoms with E-state index in [1.165, 1.54) is 6.07 Å². The third kappa shape index (κ3) is 3.81. The van der Waals surface area contributed by atoms with E-state index in [0.717, 1.165) is 0 Å². The van der Waals surface area contributed by atoms with Gasteiger partial charge in [-0.1, -0.05) is 12.0 Å². The maximum absolute atomic E-state index is 12.1. The van der Waals surface area contributed by atoms with Crippen LogP contribution in [0.15, 0.2) is 36.4 Å². The molecule has 1 aromatic carbocycles. The van der Waals surface area contributed by atoms with E-state index < -0.39 is 0 Å². The van der Waals surface area contributed by atoms with E-state index in [1.54, 1.807) is 37.3 Å². The standard InChI is InChI=1S/C16H15N3O2/c1-11-10-12(7-8-14(11)20)16(21)19-15-6-2-4-13(18-15)5-3-9-17/h2,4,6-8,10,20H,9,17H2,1H3,(H,18,19,21). The molecule has 106 valence electrons. The van der Waals surface area contributed by atoms with Crippen molar-refractivity contribution >= 4 is 11.7 Å². The van der Waals surface area contributed by atoms with Gasteiger partial charge < -0.3 is 16.2 Å². The Morgan fingerprint density at radius 3 is 2.90 bits per heavy atom. The van der Waals surface area contributed by atoms with Crippen molar-refractivity contribution in [2.75, 3.05) is 11.9 Å². The summed E-state index contributed by atoms with van der Waals surface area (Å²) in [7, 11) is 0. The number of phenolic OH excluding ortho intramolecular Hbond substituents is 1. The lowest BCUT2D eigenvalue weighted by molar-refractivity contribution is 0.102. The molecule has 1 amide bonds. The highest BCUT2D eigenvalue weighted by atomic mass is 16.3. The quantitative estimate of drug-likeness (QED) is 0.730. The second kappa shape index (κ2) is 6.55. The van der Waals surface area contributed by atoms with Crippen molar-refractivity contribution in [3.63, 3.8) is 0 Å². The smallest absolute Gasteiger partial charge is 0.256 e. The van der Waals surface area contributed by atoms with Gasteiger partial charge in [0.05, 0.1) is 6.54 Å². The third-order valence-electron chi connectivity index (χ3n) is 2.77. The number of benzene rings is 1. The molecule has 0 aliphatic carbocycles. The Morgan fingerprint density at radius 2 is 2.19 bits per heavy atom. The molecule has 0 saturated heterocycles. The van der Waals surface area contributed by atoms with Crippen molar-refractivity contribution in [3.8, 4) is 17.6 Å². The Kier molecular flexibility index (Phi) is 4.54. The molecule has 0 aliphatic heterocycles. The van der Waals surface area contributed by atoms with E-state index in [1.807, 2.05) is 0 Å². The normalized spacial score (nSPS) is 9.62. The molecule has 5 heteroatoms. The topological polar surface area (TPSA) is 88.2 Å². The van der Waals surface area contributed by atoms with Crippen LogP contribution in [0.25, 0.3) is 0 Å². The van der Waals surface area contributed by atoms with Gasteiger partial charge in [0.2, 0.25) is 0 Å². The zero-order valence-electron chi connectivity index (χ0n) is 11.6. The van der Waals surface area contributed by atoms with Gasteiger partial charge in [-0.15, -0.1) is 0 Å². The number of amides is 1. The number of phenols is 1. The van der Waals surface area contributed by atoms with Crippen LogP contribution >= 0.6 is 0 Å². The summed E-state index contributed by atoms with van der Waals surface area (Å²) >= 11 is 0. The minimum absolute atomic E-state index is 0.156. The van der Waals surface area contributed by atoms with Gasteiger partial charge in [0.15, 0.2) is 0 Å². The second-order valence-corrected chi connectivity index (χ2v) is 4.37. The summed E-state index contributed by atoms with van der Waals surface area (Å²) in [6.07, 6.45) is 0. The first-order chi connectivity index (χ1) is 10.1. The van der Waals surface area contributed by atoms with E-state index in [2.05, 4.69) is 22.1 Å². The molecule has 0 spiro atoms. The number of aromatic nitrogens is 1. The highest BCUT2D eigenvalue weighted by Gasteiger charge is 2.08. The maximum atomic E-state index is 12.1. The van der Waals surface area contributed by atoms with Crippen molar-refractivity contribution in [1.29, 1.82) is 0 Å². The summed E-state index contributed by atoms with van der Waals surface area (Å²) in [4.78, 5) is 16.3. The van der Waals surface area contributed by atoms with E-state index in [0.29, 0.717) is 22.6 Å². The number of pyridine rings is 1. The highest BCUT2D eigenvalue weighted by Crippen LogP contribution is 2.17. The summed E-state index contributed by atoms with van der Waals surface area (Å²) in [6, 6.07) is 9.83. The molecule has 4 N–H and O–H groups in total. The van der Waals surface area contributed by atoms with Crippen LogP contribution in [-0.4, -0.2) is 22.5 Å². The predicted molar refractivity (Wildman–Crippen MR) is 81.0 cm³/mol. The van der Waals surface area contributed by atoms with Crippen LogP contribution < -0.4 is 11.1 Å². The molecule has 2 rings (SSSR count). The van der Waals surface area contributed by atoms with Gasteiger partial charge in [-0.05, 0) is 48.7 Å². The lowest BCUT2D eigenvalue weighted by Gasteiger charge is -2.06. The van der Waals surface area contributed by atoms with E-state index in [4.69, 9.17) is 5.73 Å². The zero-order valence-corrected chi connectivity index (χ0v) is 11.6. The molecule has 1 heterocycles. The molecule has 0 saturated carbocycles. The van der Waals surface area contributed by atoms with E-state index >= 15 is 0 Å². The first-order valence-corrected chi connectivity index (χ1v) is 6.37. The van der Waals surface area contributed by atoms with Crippen molar-refractivity contribution in [2.45, 2.75) is 6.92 Å². The number of nitrogens with two attached hydrogens (primary N) is 1. The molecule has 0 bridgehead atoms. The van der Waals surface area contributed by atoms with E-state index in [-0.39, 0.29) is 18.2 Å². The molecule has 0 fully saturated rings. The fourth-order valence-corrected chi connectivity index (χ4v) is 1.70. The zero-order chi connectivity index (χ0) is 15.2. The van der Waals surface area contributed by atoms with E-state index in [9.17, 15) is 9.90 Å². The molecule has 2 aromatic rings. The molecular weight excluding hydrogens is 266 g/mol. The Labute approximate surface area is 122 Å². The SMILES string of the molecule is Cc1cc(C(=O)Nc2cccc(C#CCN)n2)ccc1O. The first kappa shape index (κ1) is 14.6. The molecular formula is C16H15N3O2. The van der Waals surface area contributed by atoms with Gasteiger partial charge >= 0.3 is 0 Å². The van der Waals surface area contributed by atoms with Crippen LogP contribution in [0.5, 0.6) is 5.75 Å². The largest absolute Gasteiger partial charge is 0.508 e. The van der Waals surface area contributed by atoms with Gasteiger partial charge in [0.25, 0.3) is 5.91 Å². The Morgan fingerprint density at radius 1 is 1.38 bits per heavy atom. The number of aryl methyl sites for hydroxylation is 1. The number of hydrogen-bond acceptors (Lipinski definition) is 4. The van der Waals surface area contributed by atoms with Crippen LogP contribution in [0, 0.1) is 18.8 Å². The summed E-state index contributed by atoms with van der Waals surface area (Å²) in [5.74, 6) is 5.78. The molecule has 5 nitrogen and oxygen atoms in total. The Hall–Kier alpha value is -2.84. The molecule has 21 heavy (non-hydrogen) atoms. The summed E-state index contributed by atoms with van der Waals surface area (Å²) in [6.45, 7) is 1.98. The first-order valence-electron chi connectivity index (χ1n) is 6.37. The van der Waals surface area contributed by atoms with Gasteiger partial charge in [-0.25, -0.2) is 4.98 Å². The molecule has 0 atom stereocenters. The highest BCUT2D eigenvalue weighted by molar-refractivity contribution is 6.04. The van der Waals surface area contributed by atoms with Crippen molar-refractivity contribution in [1.82, 2.24) is 4.98 Å². The monoisotopic (exact) mass is 281 g/mol. The lowest BCUT2D eigenvalue weighted by atomic mass is 10.1. The average molecular weight is 281 g/mol. The van der Waals surface area contributed by atoms with Crippen molar-refractivity contribution in [3.05, 3.63) is 53.2 Å². The minimum Gasteiger partial charge on any atom is -0.508 e. The van der Waals surface area contributed by atoms with Gasteiger partial charge in [0, 0.05) is 5.56 Å². The summed E-state index contributed by atoms with van der Waals surface area (Å²) < 4.78 is 0. The van der Waals surface area contributed by atoms with Crippen molar-refractivity contribution in [2.24, 2.45) is 5.73 Å². The lowest BCUT2D eigenvalue weighted by Crippen LogP contribution is -2.13. The van der Waals surface area contributed by atoms with Crippen LogP contribution in [0.4, 0.5) is 5.82 Å². The van der Waals surface area contributed by atoms with Crippen LogP contribution in [0.2, 0.25) is 0 Å². The van der Waals surface area contributed by atoms with Crippen LogP contribution in [0.3, 0.4) is 0 Å². The average Bonchev–Trinajstić information content (AvgIpc) is 2.48. The summed E-state index contributed by atoms with van der Waals surface area (Å²) in [5, 5.41) is 12.2. The number of hydrogen-bond donors (Lipinski definition) is 3. The van der Waals surface area contributed by atoms with Gasteiger partial charge in [-0.3, -0.25) is 4.79 Å². The number of nitrogens with one attached hydrogen (secondary N) is 1. The van der Waals surface area contributed by atoms with Gasteiger partial charge in [-0.2, -0.15) is 0 Å². The fraction of sp³-hybridized carbons (Fsp3) is 0.125. The fourth-order valence-electron chi connectivity index (χ4n) is 1.70. The number of aromatic hydroxyl groups is 1.